The van der Waals surface area contributed by atoms with Gasteiger partial charge >= 0.3 is 5.69 Å². The van der Waals surface area contributed by atoms with Crippen LogP contribution < -0.4 is 10.1 Å². The first-order chi connectivity index (χ1) is 12.1. The molecular weight excluding hydrogens is 320 g/mol. The van der Waals surface area contributed by atoms with E-state index >= 15 is 0 Å². The van der Waals surface area contributed by atoms with Gasteiger partial charge in [-0.3, -0.25) is 14.9 Å². The minimum absolute atomic E-state index is 0.0470. The summed E-state index contributed by atoms with van der Waals surface area (Å²) in [7, 11) is 0. The molecule has 3 rings (SSSR count). The summed E-state index contributed by atoms with van der Waals surface area (Å²) in [5, 5.41) is 14.1. The van der Waals surface area contributed by atoms with Crippen LogP contribution in [-0.2, 0) is 11.2 Å². The maximum atomic E-state index is 12.5. The highest BCUT2D eigenvalue weighted by Crippen LogP contribution is 2.30. The molecule has 2 aromatic rings. The Labute approximate surface area is 146 Å². The molecule has 0 fully saturated rings. The molecule has 6 heteroatoms. The van der Waals surface area contributed by atoms with Crippen LogP contribution in [0.1, 0.15) is 36.9 Å². The monoisotopic (exact) mass is 340 g/mol. The first-order valence-electron chi connectivity index (χ1n) is 8.34. The van der Waals surface area contributed by atoms with Crippen molar-refractivity contribution in [2.75, 3.05) is 0 Å². The van der Waals surface area contributed by atoms with Crippen molar-refractivity contribution >= 4 is 11.6 Å². The Bertz CT molecular complexity index is 790. The number of ether oxygens (including phenoxy) is 1. The van der Waals surface area contributed by atoms with Crippen molar-refractivity contribution in [3.05, 3.63) is 69.8 Å². The molecule has 0 heterocycles. The Kier molecular flexibility index (Phi) is 4.97. The Morgan fingerprint density at radius 3 is 2.76 bits per heavy atom. The molecule has 25 heavy (non-hydrogen) atoms. The Hall–Kier alpha value is -2.89. The maximum absolute atomic E-state index is 12.5. The Balaban J connectivity index is 1.69. The number of amides is 1. The summed E-state index contributed by atoms with van der Waals surface area (Å²) in [6.45, 7) is 1.60. The number of nitro benzene ring substituents is 1. The zero-order valence-electron chi connectivity index (χ0n) is 14.0. The molecule has 1 N–H and O–H groups in total. The molecule has 0 spiro atoms. The molecule has 1 aliphatic rings. The first-order valence-corrected chi connectivity index (χ1v) is 8.34. The molecule has 2 aromatic carbocycles. The van der Waals surface area contributed by atoms with Gasteiger partial charge in [0.15, 0.2) is 11.9 Å². The van der Waals surface area contributed by atoms with Crippen molar-refractivity contribution in [3.63, 3.8) is 0 Å². The van der Waals surface area contributed by atoms with Crippen LogP contribution in [0.4, 0.5) is 5.69 Å². The predicted molar refractivity (Wildman–Crippen MR) is 93.5 cm³/mol. The lowest BCUT2D eigenvalue weighted by Gasteiger charge is -2.27. The highest BCUT2D eigenvalue weighted by atomic mass is 16.6. The number of carbonyl (C=O) groups is 1. The van der Waals surface area contributed by atoms with Gasteiger partial charge in [-0.15, -0.1) is 0 Å². The average molecular weight is 340 g/mol. The number of nitrogens with zero attached hydrogens (tertiary/aromatic N) is 1. The van der Waals surface area contributed by atoms with Gasteiger partial charge in [0.05, 0.1) is 11.0 Å². The van der Waals surface area contributed by atoms with E-state index in [4.69, 9.17) is 4.74 Å². The second kappa shape index (κ2) is 7.34. The first kappa shape index (κ1) is 17.0. The summed E-state index contributed by atoms with van der Waals surface area (Å²) >= 11 is 0. The molecule has 0 saturated carbocycles. The second-order valence-corrected chi connectivity index (χ2v) is 6.14. The van der Waals surface area contributed by atoms with E-state index in [2.05, 4.69) is 11.4 Å². The van der Waals surface area contributed by atoms with E-state index in [0.717, 1.165) is 24.8 Å². The molecule has 1 amide bonds. The van der Waals surface area contributed by atoms with Crippen molar-refractivity contribution in [1.29, 1.82) is 0 Å². The zero-order chi connectivity index (χ0) is 17.8. The predicted octanol–water partition coefficient (Wildman–Crippen LogP) is 3.56. The minimum atomic E-state index is -0.824. The molecule has 2 atom stereocenters. The molecule has 0 radical (unpaired) electrons. The fourth-order valence-electron chi connectivity index (χ4n) is 3.14. The third kappa shape index (κ3) is 3.79. The van der Waals surface area contributed by atoms with Crippen molar-refractivity contribution in [2.45, 2.75) is 38.3 Å². The molecule has 0 bridgehead atoms. The SMILES string of the molecule is C[C@H](Oc1ccccc1[N+](=O)[O-])C(=O)N[C@H]1CCCc2ccccc21. The molecule has 0 unspecified atom stereocenters. The van der Waals surface area contributed by atoms with E-state index in [1.807, 2.05) is 18.2 Å². The number of carbonyl (C=O) groups excluding carboxylic acids is 1. The molecule has 0 aromatic heterocycles. The lowest BCUT2D eigenvalue weighted by Crippen LogP contribution is -2.39. The van der Waals surface area contributed by atoms with Gasteiger partial charge in [-0.1, -0.05) is 36.4 Å². The lowest BCUT2D eigenvalue weighted by molar-refractivity contribution is -0.386. The smallest absolute Gasteiger partial charge is 0.310 e. The number of para-hydroxylation sites is 2. The van der Waals surface area contributed by atoms with Gasteiger partial charge in [0.2, 0.25) is 0 Å². The van der Waals surface area contributed by atoms with Crippen LogP contribution in [0, 0.1) is 10.1 Å². The zero-order valence-corrected chi connectivity index (χ0v) is 14.0. The summed E-state index contributed by atoms with van der Waals surface area (Å²) in [5.74, 6) is -0.181. The van der Waals surface area contributed by atoms with Gasteiger partial charge in [-0.25, -0.2) is 0 Å². The van der Waals surface area contributed by atoms with Gasteiger partial charge in [-0.2, -0.15) is 0 Å². The second-order valence-electron chi connectivity index (χ2n) is 6.14. The Morgan fingerprint density at radius 1 is 1.24 bits per heavy atom. The number of benzene rings is 2. The normalized spacial score (nSPS) is 17.2. The molecule has 130 valence electrons. The summed E-state index contributed by atoms with van der Waals surface area (Å²) in [4.78, 5) is 23.0. The van der Waals surface area contributed by atoms with E-state index in [0.29, 0.717) is 0 Å². The molecule has 1 aliphatic carbocycles. The van der Waals surface area contributed by atoms with Gasteiger partial charge in [0.1, 0.15) is 0 Å². The van der Waals surface area contributed by atoms with Gasteiger partial charge < -0.3 is 10.1 Å². The molecular formula is C19H20N2O4. The van der Waals surface area contributed by atoms with Crippen molar-refractivity contribution in [1.82, 2.24) is 5.32 Å². The fourth-order valence-corrected chi connectivity index (χ4v) is 3.14. The van der Waals surface area contributed by atoms with Crippen molar-refractivity contribution in [3.8, 4) is 5.75 Å². The van der Waals surface area contributed by atoms with E-state index in [-0.39, 0.29) is 23.4 Å². The fraction of sp³-hybridized carbons (Fsp3) is 0.316. The number of hydrogen-bond donors (Lipinski definition) is 1. The highest BCUT2D eigenvalue weighted by Gasteiger charge is 2.25. The van der Waals surface area contributed by atoms with E-state index in [1.54, 1.807) is 19.1 Å². The van der Waals surface area contributed by atoms with Crippen LogP contribution in [0.3, 0.4) is 0 Å². The van der Waals surface area contributed by atoms with E-state index in [1.165, 1.54) is 17.7 Å². The standard InChI is InChI=1S/C19H20N2O4/c1-13(25-18-12-5-4-11-17(18)21(23)24)19(22)20-16-10-6-8-14-7-2-3-9-15(14)16/h2-5,7,9,11-13,16H,6,8,10H2,1H3,(H,20,22)/t13-,16-/m0/s1. The number of rotatable bonds is 5. The maximum Gasteiger partial charge on any atom is 0.310 e. The van der Waals surface area contributed by atoms with Crippen LogP contribution >= 0.6 is 0 Å². The third-order valence-electron chi connectivity index (χ3n) is 4.42. The summed E-state index contributed by atoms with van der Waals surface area (Å²) in [6, 6.07) is 14.1. The van der Waals surface area contributed by atoms with Crippen molar-refractivity contribution in [2.24, 2.45) is 0 Å². The van der Waals surface area contributed by atoms with Crippen LogP contribution in [0.5, 0.6) is 5.75 Å². The van der Waals surface area contributed by atoms with Crippen LogP contribution in [0.25, 0.3) is 0 Å². The average Bonchev–Trinajstić information content (AvgIpc) is 2.62. The van der Waals surface area contributed by atoms with Crippen molar-refractivity contribution < 1.29 is 14.5 Å². The van der Waals surface area contributed by atoms with E-state index in [9.17, 15) is 14.9 Å². The van der Waals surface area contributed by atoms with Crippen LogP contribution in [0.2, 0.25) is 0 Å². The van der Waals surface area contributed by atoms with Gasteiger partial charge in [0, 0.05) is 6.07 Å². The minimum Gasteiger partial charge on any atom is -0.474 e. The Morgan fingerprint density at radius 2 is 1.96 bits per heavy atom. The molecule has 0 saturated heterocycles. The number of fused-ring (bicyclic) bond motifs is 1. The van der Waals surface area contributed by atoms with Gasteiger partial charge in [-0.05, 0) is 43.4 Å². The number of hydrogen-bond acceptors (Lipinski definition) is 4. The summed E-state index contributed by atoms with van der Waals surface area (Å²) in [5.41, 5.74) is 2.25. The van der Waals surface area contributed by atoms with Crippen LogP contribution in [-0.4, -0.2) is 16.9 Å². The largest absolute Gasteiger partial charge is 0.474 e. The quantitative estimate of drug-likeness (QED) is 0.666. The van der Waals surface area contributed by atoms with E-state index < -0.39 is 11.0 Å². The number of nitro groups is 1. The van der Waals surface area contributed by atoms with Gasteiger partial charge in [0.25, 0.3) is 5.91 Å². The number of nitrogens with one attached hydrogen (secondary N) is 1. The topological polar surface area (TPSA) is 81.5 Å². The molecule has 6 nitrogen and oxygen atoms in total. The van der Waals surface area contributed by atoms with Crippen LogP contribution in [0.15, 0.2) is 48.5 Å². The highest BCUT2D eigenvalue weighted by molar-refractivity contribution is 5.81. The lowest BCUT2D eigenvalue weighted by atomic mass is 9.87. The molecule has 0 aliphatic heterocycles. The number of aryl methyl sites for hydroxylation is 1. The third-order valence-corrected chi connectivity index (χ3v) is 4.42. The summed E-state index contributed by atoms with van der Waals surface area (Å²) in [6.07, 6.45) is 2.09. The summed E-state index contributed by atoms with van der Waals surface area (Å²) < 4.78 is 5.54.